The Bertz CT molecular complexity index is 557. The van der Waals surface area contributed by atoms with Crippen molar-refractivity contribution < 1.29 is 14.4 Å². The normalized spacial score (nSPS) is 18.1. The Morgan fingerprint density at radius 1 is 1.29 bits per heavy atom. The second-order valence-electron chi connectivity index (χ2n) is 5.38. The number of benzene rings is 1. The molecule has 1 aliphatic rings. The summed E-state index contributed by atoms with van der Waals surface area (Å²) in [6.45, 7) is 3.45. The summed E-state index contributed by atoms with van der Waals surface area (Å²) in [7, 11) is 1.62. The Balaban J connectivity index is 2.06. The van der Waals surface area contributed by atoms with Crippen molar-refractivity contribution in [3.8, 4) is 0 Å². The van der Waals surface area contributed by atoms with Crippen LogP contribution >= 0.6 is 0 Å². The molecule has 0 spiro atoms. The first-order chi connectivity index (χ1) is 9.91. The lowest BCUT2D eigenvalue weighted by atomic mass is 10.1. The molecule has 112 valence electrons. The molecule has 0 aromatic heterocycles. The maximum atomic E-state index is 12.2. The third-order valence-electron chi connectivity index (χ3n) is 3.53. The van der Waals surface area contributed by atoms with E-state index in [4.69, 9.17) is 0 Å². The number of nitrogens with one attached hydrogen (secondary N) is 1. The predicted octanol–water partition coefficient (Wildman–Crippen LogP) is 1.23. The number of anilines is 1. The molecule has 0 saturated carbocycles. The smallest absolute Gasteiger partial charge is 0.325 e. The van der Waals surface area contributed by atoms with E-state index in [1.807, 2.05) is 32.0 Å². The fraction of sp³-hybridized carbons (Fsp3) is 0.400. The number of amides is 4. The minimum atomic E-state index is -0.549. The van der Waals surface area contributed by atoms with Gasteiger partial charge in [-0.2, -0.15) is 0 Å². The van der Waals surface area contributed by atoms with E-state index >= 15 is 0 Å². The van der Waals surface area contributed by atoms with Crippen LogP contribution in [0.25, 0.3) is 0 Å². The average Bonchev–Trinajstić information content (AvgIpc) is 2.75. The van der Waals surface area contributed by atoms with Crippen molar-refractivity contribution in [3.05, 3.63) is 30.3 Å². The van der Waals surface area contributed by atoms with Crippen molar-refractivity contribution in [2.24, 2.45) is 5.92 Å². The molecule has 1 heterocycles. The Hall–Kier alpha value is -2.37. The van der Waals surface area contributed by atoms with E-state index in [1.54, 1.807) is 19.2 Å². The van der Waals surface area contributed by atoms with E-state index in [0.717, 1.165) is 10.6 Å². The average molecular weight is 289 g/mol. The number of carbonyl (C=O) groups is 3. The molecule has 0 radical (unpaired) electrons. The van der Waals surface area contributed by atoms with Gasteiger partial charge in [0.25, 0.3) is 5.91 Å². The maximum Gasteiger partial charge on any atom is 0.325 e. The van der Waals surface area contributed by atoms with Gasteiger partial charge in [0.1, 0.15) is 12.6 Å². The van der Waals surface area contributed by atoms with Gasteiger partial charge >= 0.3 is 6.03 Å². The Morgan fingerprint density at radius 2 is 1.90 bits per heavy atom. The van der Waals surface area contributed by atoms with Gasteiger partial charge in [0.15, 0.2) is 0 Å². The van der Waals surface area contributed by atoms with Crippen molar-refractivity contribution in [3.63, 3.8) is 0 Å². The molecular weight excluding hydrogens is 270 g/mol. The van der Waals surface area contributed by atoms with Gasteiger partial charge in [0, 0.05) is 12.7 Å². The van der Waals surface area contributed by atoms with Crippen LogP contribution in [0.15, 0.2) is 30.3 Å². The molecule has 2 rings (SSSR count). The number of likely N-dealkylation sites (N-methyl/N-ethyl adjacent to an activating group) is 1. The highest BCUT2D eigenvalue weighted by atomic mass is 16.2. The number of nitrogens with zero attached hydrogens (tertiary/aromatic N) is 2. The van der Waals surface area contributed by atoms with Crippen molar-refractivity contribution in [1.82, 2.24) is 10.2 Å². The van der Waals surface area contributed by atoms with Gasteiger partial charge < -0.3 is 10.2 Å². The molecule has 4 amide bonds. The summed E-state index contributed by atoms with van der Waals surface area (Å²) >= 11 is 0. The van der Waals surface area contributed by atoms with Crippen LogP contribution in [0.1, 0.15) is 13.8 Å². The summed E-state index contributed by atoms with van der Waals surface area (Å²) in [4.78, 5) is 38.6. The minimum Gasteiger partial charge on any atom is -0.326 e. The van der Waals surface area contributed by atoms with E-state index in [9.17, 15) is 14.4 Å². The quantitative estimate of drug-likeness (QED) is 0.847. The van der Waals surface area contributed by atoms with Crippen LogP contribution in [-0.2, 0) is 9.59 Å². The molecule has 1 atom stereocenters. The second kappa shape index (κ2) is 5.95. The Kier molecular flexibility index (Phi) is 4.26. The van der Waals surface area contributed by atoms with Gasteiger partial charge in [-0.25, -0.2) is 4.79 Å². The number of urea groups is 1. The predicted molar refractivity (Wildman–Crippen MR) is 78.7 cm³/mol. The Labute approximate surface area is 123 Å². The molecule has 0 aliphatic carbocycles. The standard InChI is InChI=1S/C15H19N3O3/c1-10(2)13-14(20)18(15(21)16-13)9-12(19)17(3)11-7-5-4-6-8-11/h4-8,10,13H,9H2,1-3H3,(H,16,21). The highest BCUT2D eigenvalue weighted by Gasteiger charge is 2.40. The fourth-order valence-electron chi connectivity index (χ4n) is 2.18. The third-order valence-corrected chi connectivity index (χ3v) is 3.53. The number of rotatable bonds is 4. The van der Waals surface area contributed by atoms with Crippen molar-refractivity contribution >= 4 is 23.5 Å². The third kappa shape index (κ3) is 3.04. The molecule has 1 unspecified atom stereocenters. The van der Waals surface area contributed by atoms with Crippen molar-refractivity contribution in [2.75, 3.05) is 18.5 Å². The van der Waals surface area contributed by atoms with Gasteiger partial charge in [-0.1, -0.05) is 32.0 Å². The number of para-hydroxylation sites is 1. The van der Waals surface area contributed by atoms with Gasteiger partial charge in [0.05, 0.1) is 0 Å². The van der Waals surface area contributed by atoms with Gasteiger partial charge in [-0.05, 0) is 18.1 Å². The molecular formula is C15H19N3O3. The van der Waals surface area contributed by atoms with Crippen LogP contribution in [0.4, 0.5) is 10.5 Å². The van der Waals surface area contributed by atoms with Crippen molar-refractivity contribution in [1.29, 1.82) is 0 Å². The summed E-state index contributed by atoms with van der Waals surface area (Å²) in [6, 6.07) is 8.03. The molecule has 1 aromatic carbocycles. The highest BCUT2D eigenvalue weighted by Crippen LogP contribution is 2.15. The first-order valence-electron chi connectivity index (χ1n) is 6.85. The largest absolute Gasteiger partial charge is 0.326 e. The van der Waals surface area contributed by atoms with Crippen LogP contribution in [0.5, 0.6) is 0 Å². The molecule has 1 aromatic rings. The van der Waals surface area contributed by atoms with E-state index in [-0.39, 0.29) is 24.3 Å². The molecule has 1 aliphatic heterocycles. The summed E-state index contributed by atoms with van der Waals surface area (Å²) in [6.07, 6.45) is 0. The number of carbonyl (C=O) groups excluding carboxylic acids is 3. The zero-order chi connectivity index (χ0) is 15.6. The molecule has 6 heteroatoms. The fourth-order valence-corrected chi connectivity index (χ4v) is 2.18. The van der Waals surface area contributed by atoms with E-state index in [1.165, 1.54) is 4.90 Å². The molecule has 1 N–H and O–H groups in total. The summed E-state index contributed by atoms with van der Waals surface area (Å²) in [5, 5.41) is 2.60. The summed E-state index contributed by atoms with van der Waals surface area (Å²) in [5.74, 6) is -0.660. The zero-order valence-corrected chi connectivity index (χ0v) is 12.4. The SMILES string of the molecule is CC(C)C1NC(=O)N(CC(=O)N(C)c2ccccc2)C1=O. The van der Waals surface area contributed by atoms with E-state index in [2.05, 4.69) is 5.32 Å². The second-order valence-corrected chi connectivity index (χ2v) is 5.38. The summed E-state index contributed by atoms with van der Waals surface area (Å²) < 4.78 is 0. The molecule has 0 bridgehead atoms. The van der Waals surface area contributed by atoms with Gasteiger partial charge in [-0.3, -0.25) is 14.5 Å². The topological polar surface area (TPSA) is 69.7 Å². The van der Waals surface area contributed by atoms with Crippen molar-refractivity contribution in [2.45, 2.75) is 19.9 Å². The maximum absolute atomic E-state index is 12.2. The van der Waals surface area contributed by atoms with Crippen LogP contribution in [-0.4, -0.2) is 42.4 Å². The van der Waals surface area contributed by atoms with E-state index < -0.39 is 12.1 Å². The van der Waals surface area contributed by atoms with Gasteiger partial charge in [-0.15, -0.1) is 0 Å². The highest BCUT2D eigenvalue weighted by molar-refractivity contribution is 6.08. The monoisotopic (exact) mass is 289 g/mol. The molecule has 1 saturated heterocycles. The first-order valence-corrected chi connectivity index (χ1v) is 6.85. The molecule has 6 nitrogen and oxygen atoms in total. The number of hydrogen-bond acceptors (Lipinski definition) is 3. The number of hydrogen-bond donors (Lipinski definition) is 1. The van der Waals surface area contributed by atoms with Crippen LogP contribution < -0.4 is 10.2 Å². The number of imide groups is 1. The lowest BCUT2D eigenvalue weighted by molar-refractivity contribution is -0.131. The molecule has 21 heavy (non-hydrogen) atoms. The molecule has 1 fully saturated rings. The minimum absolute atomic E-state index is 0.00611. The van der Waals surface area contributed by atoms with Gasteiger partial charge in [0.2, 0.25) is 5.91 Å². The van der Waals surface area contributed by atoms with E-state index in [0.29, 0.717) is 0 Å². The first kappa shape index (κ1) is 15.0. The van der Waals surface area contributed by atoms with Crippen LogP contribution in [0, 0.1) is 5.92 Å². The lowest BCUT2D eigenvalue weighted by Gasteiger charge is -2.20. The zero-order valence-electron chi connectivity index (χ0n) is 12.4. The Morgan fingerprint density at radius 3 is 2.43 bits per heavy atom. The van der Waals surface area contributed by atoms with Crippen LogP contribution in [0.3, 0.4) is 0 Å². The lowest BCUT2D eigenvalue weighted by Crippen LogP contribution is -2.42. The van der Waals surface area contributed by atoms with Crippen LogP contribution in [0.2, 0.25) is 0 Å². The summed E-state index contributed by atoms with van der Waals surface area (Å²) in [5.41, 5.74) is 0.718.